The summed E-state index contributed by atoms with van der Waals surface area (Å²) >= 11 is 0. The molecule has 0 aliphatic rings. The van der Waals surface area contributed by atoms with Crippen LogP contribution in [0.3, 0.4) is 0 Å². The van der Waals surface area contributed by atoms with Crippen LogP contribution >= 0.6 is 0 Å². The van der Waals surface area contributed by atoms with Gasteiger partial charge in [-0.2, -0.15) is 0 Å². The lowest BCUT2D eigenvalue weighted by Crippen LogP contribution is -2.15. The maximum Gasteiger partial charge on any atom is 0.344 e. The van der Waals surface area contributed by atoms with Gasteiger partial charge < -0.3 is 4.74 Å². The first-order chi connectivity index (χ1) is 6.91. The van der Waals surface area contributed by atoms with Crippen molar-refractivity contribution < 1.29 is 22.7 Å². The Hall–Kier alpha value is -1.52. The SMILES string of the molecule is CC(C)OC(=O)c1c(F)cc(F)cc1F. The number of ether oxygens (including phenoxy) is 1. The van der Waals surface area contributed by atoms with Crippen LogP contribution in [0.5, 0.6) is 0 Å². The summed E-state index contributed by atoms with van der Waals surface area (Å²) in [7, 11) is 0. The van der Waals surface area contributed by atoms with Crippen LogP contribution in [-0.4, -0.2) is 12.1 Å². The third kappa shape index (κ3) is 2.71. The van der Waals surface area contributed by atoms with Gasteiger partial charge in [0.05, 0.1) is 6.10 Å². The second-order valence-electron chi connectivity index (χ2n) is 3.20. The molecule has 1 aromatic rings. The standard InChI is InChI=1S/C10H9F3O2/c1-5(2)15-10(14)9-7(12)3-6(11)4-8(9)13/h3-5H,1-2H3. The number of benzene rings is 1. The Morgan fingerprint density at radius 2 is 1.67 bits per heavy atom. The number of hydrogen-bond donors (Lipinski definition) is 0. The predicted octanol–water partition coefficient (Wildman–Crippen LogP) is 2.67. The summed E-state index contributed by atoms with van der Waals surface area (Å²) in [6.45, 7) is 3.08. The van der Waals surface area contributed by atoms with Crippen LogP contribution in [0.1, 0.15) is 24.2 Å². The first-order valence-electron chi connectivity index (χ1n) is 4.27. The smallest absolute Gasteiger partial charge is 0.344 e. The predicted molar refractivity (Wildman–Crippen MR) is 46.9 cm³/mol. The van der Waals surface area contributed by atoms with Crippen molar-refractivity contribution in [3.8, 4) is 0 Å². The highest BCUT2D eigenvalue weighted by molar-refractivity contribution is 5.90. The Morgan fingerprint density at radius 1 is 1.20 bits per heavy atom. The van der Waals surface area contributed by atoms with Gasteiger partial charge in [0.2, 0.25) is 0 Å². The van der Waals surface area contributed by atoms with Gasteiger partial charge in [-0.3, -0.25) is 0 Å². The fourth-order valence-corrected chi connectivity index (χ4v) is 1.01. The summed E-state index contributed by atoms with van der Waals surface area (Å²) < 4.78 is 43.2. The molecule has 0 radical (unpaired) electrons. The summed E-state index contributed by atoms with van der Waals surface area (Å²) in [6.07, 6.45) is -0.499. The van der Waals surface area contributed by atoms with E-state index in [0.717, 1.165) is 0 Å². The number of rotatable bonds is 2. The molecule has 0 unspecified atom stereocenters. The molecular weight excluding hydrogens is 209 g/mol. The average Bonchev–Trinajstić information content (AvgIpc) is 1.99. The van der Waals surface area contributed by atoms with Crippen molar-refractivity contribution in [2.45, 2.75) is 20.0 Å². The van der Waals surface area contributed by atoms with Crippen molar-refractivity contribution in [2.75, 3.05) is 0 Å². The van der Waals surface area contributed by atoms with Gasteiger partial charge in [-0.1, -0.05) is 0 Å². The van der Waals surface area contributed by atoms with Crippen molar-refractivity contribution in [3.05, 3.63) is 35.1 Å². The maximum atomic E-state index is 13.0. The second-order valence-corrected chi connectivity index (χ2v) is 3.20. The quantitative estimate of drug-likeness (QED) is 0.713. The molecule has 0 atom stereocenters. The molecule has 82 valence electrons. The molecule has 0 aliphatic heterocycles. The summed E-state index contributed by atoms with van der Waals surface area (Å²) in [5.74, 6) is -4.75. The second kappa shape index (κ2) is 4.33. The molecule has 0 aromatic heterocycles. The Morgan fingerprint density at radius 3 is 2.07 bits per heavy atom. The molecule has 0 saturated carbocycles. The summed E-state index contributed by atoms with van der Waals surface area (Å²) in [4.78, 5) is 11.2. The van der Waals surface area contributed by atoms with Gasteiger partial charge in [0.15, 0.2) is 0 Å². The van der Waals surface area contributed by atoms with Crippen LogP contribution in [-0.2, 0) is 4.74 Å². The minimum Gasteiger partial charge on any atom is -0.459 e. The number of carbonyl (C=O) groups excluding carboxylic acids is 1. The fraction of sp³-hybridized carbons (Fsp3) is 0.300. The van der Waals surface area contributed by atoms with Gasteiger partial charge in [-0.05, 0) is 13.8 Å². The van der Waals surface area contributed by atoms with E-state index in [-0.39, 0.29) is 0 Å². The molecule has 2 nitrogen and oxygen atoms in total. The molecule has 0 saturated heterocycles. The third-order valence-corrected chi connectivity index (χ3v) is 1.55. The Balaban J connectivity index is 3.09. The largest absolute Gasteiger partial charge is 0.459 e. The van der Waals surface area contributed by atoms with Crippen LogP contribution in [0.4, 0.5) is 13.2 Å². The number of hydrogen-bond acceptors (Lipinski definition) is 2. The molecule has 0 heterocycles. The summed E-state index contributed by atoms with van der Waals surface area (Å²) in [5.41, 5.74) is -0.870. The molecule has 15 heavy (non-hydrogen) atoms. The molecule has 0 bridgehead atoms. The number of carbonyl (C=O) groups is 1. The van der Waals surface area contributed by atoms with E-state index >= 15 is 0 Å². The highest BCUT2D eigenvalue weighted by Gasteiger charge is 2.20. The van der Waals surface area contributed by atoms with E-state index in [0.29, 0.717) is 12.1 Å². The maximum absolute atomic E-state index is 13.0. The van der Waals surface area contributed by atoms with E-state index in [4.69, 9.17) is 0 Å². The summed E-state index contributed by atoms with van der Waals surface area (Å²) in [6, 6.07) is 0.861. The minimum absolute atomic E-state index is 0.431. The zero-order valence-corrected chi connectivity index (χ0v) is 8.18. The van der Waals surface area contributed by atoms with E-state index in [1.807, 2.05) is 0 Å². The molecule has 5 heteroatoms. The molecule has 0 spiro atoms. The Labute approximate surface area is 84.7 Å². The van der Waals surface area contributed by atoms with E-state index in [9.17, 15) is 18.0 Å². The normalized spacial score (nSPS) is 10.5. The van der Waals surface area contributed by atoms with E-state index in [1.54, 1.807) is 0 Å². The molecule has 1 rings (SSSR count). The zero-order chi connectivity index (χ0) is 11.6. The van der Waals surface area contributed by atoms with E-state index in [2.05, 4.69) is 4.74 Å². The number of halogens is 3. The van der Waals surface area contributed by atoms with Crippen molar-refractivity contribution >= 4 is 5.97 Å². The van der Waals surface area contributed by atoms with Gasteiger partial charge in [0.25, 0.3) is 0 Å². The lowest BCUT2D eigenvalue weighted by atomic mass is 10.2. The van der Waals surface area contributed by atoms with Gasteiger partial charge >= 0.3 is 5.97 Å². The van der Waals surface area contributed by atoms with E-state index < -0.39 is 35.1 Å². The van der Waals surface area contributed by atoms with Crippen LogP contribution < -0.4 is 0 Å². The zero-order valence-electron chi connectivity index (χ0n) is 8.18. The van der Waals surface area contributed by atoms with Crippen LogP contribution in [0.2, 0.25) is 0 Å². The fourth-order valence-electron chi connectivity index (χ4n) is 1.01. The monoisotopic (exact) mass is 218 g/mol. The van der Waals surface area contributed by atoms with Crippen LogP contribution in [0.25, 0.3) is 0 Å². The van der Waals surface area contributed by atoms with Crippen LogP contribution in [0, 0.1) is 17.5 Å². The topological polar surface area (TPSA) is 26.3 Å². The molecule has 1 aromatic carbocycles. The highest BCUT2D eigenvalue weighted by atomic mass is 19.1. The average molecular weight is 218 g/mol. The van der Waals surface area contributed by atoms with Gasteiger partial charge in [0, 0.05) is 12.1 Å². The van der Waals surface area contributed by atoms with Crippen LogP contribution in [0.15, 0.2) is 12.1 Å². The first-order valence-corrected chi connectivity index (χ1v) is 4.27. The van der Waals surface area contributed by atoms with Crippen molar-refractivity contribution in [1.82, 2.24) is 0 Å². The lowest BCUT2D eigenvalue weighted by molar-refractivity contribution is 0.0366. The minimum atomic E-state index is -1.27. The highest BCUT2D eigenvalue weighted by Crippen LogP contribution is 2.16. The number of esters is 1. The molecule has 0 N–H and O–H groups in total. The van der Waals surface area contributed by atoms with Crippen molar-refractivity contribution in [2.24, 2.45) is 0 Å². The van der Waals surface area contributed by atoms with Crippen molar-refractivity contribution in [3.63, 3.8) is 0 Å². The van der Waals surface area contributed by atoms with Gasteiger partial charge in [-0.25, -0.2) is 18.0 Å². The van der Waals surface area contributed by atoms with Gasteiger partial charge in [0.1, 0.15) is 23.0 Å². The Kier molecular flexibility index (Phi) is 3.34. The summed E-state index contributed by atoms with van der Waals surface area (Å²) in [5, 5.41) is 0. The molecular formula is C10H9F3O2. The molecule has 0 aliphatic carbocycles. The third-order valence-electron chi connectivity index (χ3n) is 1.55. The Bertz CT molecular complexity index is 365. The first kappa shape index (κ1) is 11.6. The molecule has 0 amide bonds. The lowest BCUT2D eigenvalue weighted by Gasteiger charge is -2.09. The van der Waals surface area contributed by atoms with E-state index in [1.165, 1.54) is 13.8 Å². The van der Waals surface area contributed by atoms with Gasteiger partial charge in [-0.15, -0.1) is 0 Å². The van der Waals surface area contributed by atoms with Crippen molar-refractivity contribution in [1.29, 1.82) is 0 Å². The molecule has 0 fully saturated rings.